The molecule has 0 aromatic carbocycles. The first-order valence-corrected chi connectivity index (χ1v) is 6.44. The van der Waals surface area contributed by atoms with E-state index in [2.05, 4.69) is 15.3 Å². The monoisotopic (exact) mass is 258 g/mol. The number of pyridine rings is 1. The zero-order chi connectivity index (χ0) is 13.8. The highest BCUT2D eigenvalue weighted by Gasteiger charge is 2.09. The molecule has 19 heavy (non-hydrogen) atoms. The molecule has 0 amide bonds. The van der Waals surface area contributed by atoms with E-state index < -0.39 is 0 Å². The molecule has 0 aliphatic heterocycles. The lowest BCUT2D eigenvalue weighted by atomic mass is 10.2. The van der Waals surface area contributed by atoms with E-state index >= 15 is 0 Å². The van der Waals surface area contributed by atoms with Crippen LogP contribution in [0.1, 0.15) is 25.2 Å². The zero-order valence-electron chi connectivity index (χ0n) is 11.5. The zero-order valence-corrected chi connectivity index (χ0v) is 11.5. The maximum absolute atomic E-state index is 12.2. The Morgan fingerprint density at radius 3 is 2.79 bits per heavy atom. The van der Waals surface area contributed by atoms with E-state index in [1.54, 1.807) is 17.0 Å². The molecule has 2 aromatic rings. The van der Waals surface area contributed by atoms with Crippen molar-refractivity contribution >= 4 is 11.5 Å². The van der Waals surface area contributed by atoms with Crippen LogP contribution >= 0.6 is 0 Å². The summed E-state index contributed by atoms with van der Waals surface area (Å²) >= 11 is 0. The van der Waals surface area contributed by atoms with Gasteiger partial charge in [0.05, 0.1) is 11.4 Å². The largest absolute Gasteiger partial charge is 0.334 e. The number of aromatic nitrogens is 3. The van der Waals surface area contributed by atoms with Crippen molar-refractivity contribution in [3.05, 3.63) is 46.3 Å². The van der Waals surface area contributed by atoms with E-state index in [0.717, 1.165) is 23.5 Å². The van der Waals surface area contributed by atoms with Crippen LogP contribution in [-0.4, -0.2) is 14.5 Å². The number of nitrogens with zero attached hydrogens (tertiary/aromatic N) is 3. The molecule has 0 bridgehead atoms. The van der Waals surface area contributed by atoms with Gasteiger partial charge in [0.2, 0.25) is 0 Å². The molecule has 0 aliphatic carbocycles. The van der Waals surface area contributed by atoms with Crippen molar-refractivity contribution in [1.29, 1.82) is 0 Å². The number of nitrogens with one attached hydrogen (secondary N) is 1. The van der Waals surface area contributed by atoms with E-state index in [4.69, 9.17) is 0 Å². The average molecular weight is 258 g/mol. The number of anilines is 2. The highest BCUT2D eigenvalue weighted by atomic mass is 16.1. The highest BCUT2D eigenvalue weighted by Crippen LogP contribution is 2.16. The molecule has 5 nitrogen and oxygen atoms in total. The van der Waals surface area contributed by atoms with Crippen molar-refractivity contribution in [2.24, 2.45) is 0 Å². The van der Waals surface area contributed by atoms with Crippen LogP contribution in [0, 0.1) is 6.92 Å². The van der Waals surface area contributed by atoms with E-state index in [-0.39, 0.29) is 5.56 Å². The number of rotatable bonds is 4. The van der Waals surface area contributed by atoms with Gasteiger partial charge in [0.15, 0.2) is 5.82 Å². The minimum atomic E-state index is -0.103. The molecule has 0 fully saturated rings. The van der Waals surface area contributed by atoms with Gasteiger partial charge in [-0.15, -0.1) is 0 Å². The Balaban J connectivity index is 2.42. The SMILES string of the molecule is CCc1ncccc1Nc1ncc(C)n(CC)c1=O. The van der Waals surface area contributed by atoms with Gasteiger partial charge in [0.1, 0.15) is 0 Å². The van der Waals surface area contributed by atoms with Crippen molar-refractivity contribution in [2.75, 3.05) is 5.32 Å². The molecule has 0 radical (unpaired) electrons. The van der Waals surface area contributed by atoms with E-state index in [9.17, 15) is 4.79 Å². The second kappa shape index (κ2) is 5.65. The van der Waals surface area contributed by atoms with Gasteiger partial charge >= 0.3 is 0 Å². The number of hydrogen-bond acceptors (Lipinski definition) is 4. The molecule has 2 heterocycles. The topological polar surface area (TPSA) is 59.8 Å². The Morgan fingerprint density at radius 2 is 2.11 bits per heavy atom. The Bertz CT molecular complexity index is 634. The summed E-state index contributed by atoms with van der Waals surface area (Å²) in [5.74, 6) is 0.343. The lowest BCUT2D eigenvalue weighted by Gasteiger charge is -2.12. The maximum atomic E-state index is 12.2. The summed E-state index contributed by atoms with van der Waals surface area (Å²) in [6.45, 7) is 6.49. The fourth-order valence-electron chi connectivity index (χ4n) is 2.01. The molecule has 0 saturated carbocycles. The molecule has 100 valence electrons. The van der Waals surface area contributed by atoms with Crippen LogP contribution in [0.3, 0.4) is 0 Å². The van der Waals surface area contributed by atoms with Crippen LogP contribution in [0.15, 0.2) is 29.3 Å². The van der Waals surface area contributed by atoms with E-state index in [1.165, 1.54) is 0 Å². The molecular formula is C14H18N4O. The van der Waals surface area contributed by atoms with E-state index in [0.29, 0.717) is 12.4 Å². The summed E-state index contributed by atoms with van der Waals surface area (Å²) in [5, 5.41) is 3.09. The third-order valence-electron chi connectivity index (χ3n) is 3.05. The summed E-state index contributed by atoms with van der Waals surface area (Å²) < 4.78 is 1.69. The predicted octanol–water partition coefficient (Wildman–Crippen LogP) is 2.27. The van der Waals surface area contributed by atoms with Gasteiger partial charge in [-0.05, 0) is 32.4 Å². The lowest BCUT2D eigenvalue weighted by molar-refractivity contribution is 0.693. The summed E-state index contributed by atoms with van der Waals surface area (Å²) in [4.78, 5) is 20.7. The van der Waals surface area contributed by atoms with Crippen molar-refractivity contribution in [2.45, 2.75) is 33.7 Å². The van der Waals surface area contributed by atoms with Crippen molar-refractivity contribution < 1.29 is 0 Å². The molecule has 0 spiro atoms. The van der Waals surface area contributed by atoms with Gasteiger partial charge in [-0.1, -0.05) is 6.92 Å². The second-order valence-corrected chi connectivity index (χ2v) is 4.27. The van der Waals surface area contributed by atoms with Crippen LogP contribution in [0.5, 0.6) is 0 Å². The van der Waals surface area contributed by atoms with Gasteiger partial charge in [0.25, 0.3) is 5.56 Å². The van der Waals surface area contributed by atoms with Gasteiger partial charge in [-0.2, -0.15) is 0 Å². The average Bonchev–Trinajstić information content (AvgIpc) is 2.43. The van der Waals surface area contributed by atoms with Crippen molar-refractivity contribution in [3.63, 3.8) is 0 Å². The highest BCUT2D eigenvalue weighted by molar-refractivity contribution is 5.57. The Labute approximate surface area is 112 Å². The number of aryl methyl sites for hydroxylation is 2. The first-order valence-electron chi connectivity index (χ1n) is 6.44. The molecular weight excluding hydrogens is 240 g/mol. The van der Waals surface area contributed by atoms with Crippen LogP contribution in [0.25, 0.3) is 0 Å². The fourth-order valence-corrected chi connectivity index (χ4v) is 2.01. The molecule has 1 N–H and O–H groups in total. The second-order valence-electron chi connectivity index (χ2n) is 4.27. The Kier molecular flexibility index (Phi) is 3.94. The molecule has 2 rings (SSSR count). The van der Waals surface area contributed by atoms with Gasteiger partial charge in [0, 0.05) is 24.6 Å². The van der Waals surface area contributed by atoms with Crippen LogP contribution < -0.4 is 10.9 Å². The molecule has 5 heteroatoms. The molecule has 0 saturated heterocycles. The molecule has 0 aliphatic rings. The predicted molar refractivity (Wildman–Crippen MR) is 75.8 cm³/mol. The van der Waals surface area contributed by atoms with Gasteiger partial charge < -0.3 is 9.88 Å². The summed E-state index contributed by atoms with van der Waals surface area (Å²) in [6.07, 6.45) is 4.25. The minimum Gasteiger partial charge on any atom is -0.334 e. The van der Waals surface area contributed by atoms with Gasteiger partial charge in [-0.3, -0.25) is 9.78 Å². The summed E-state index contributed by atoms with van der Waals surface area (Å²) in [7, 11) is 0. The normalized spacial score (nSPS) is 10.5. The lowest BCUT2D eigenvalue weighted by Crippen LogP contribution is -2.25. The van der Waals surface area contributed by atoms with Crippen molar-refractivity contribution in [3.8, 4) is 0 Å². The van der Waals surface area contributed by atoms with Crippen molar-refractivity contribution in [1.82, 2.24) is 14.5 Å². The Morgan fingerprint density at radius 1 is 1.32 bits per heavy atom. The standard InChI is InChI=1S/C14H18N4O/c1-4-11-12(7-6-8-15-11)17-13-14(19)18(5-2)10(3)9-16-13/h6-9H,4-5H2,1-3H3,(H,16,17). The van der Waals surface area contributed by atoms with Crippen LogP contribution in [-0.2, 0) is 13.0 Å². The summed E-state index contributed by atoms with van der Waals surface area (Å²) in [5.41, 5.74) is 2.52. The Hall–Kier alpha value is -2.17. The maximum Gasteiger partial charge on any atom is 0.293 e. The summed E-state index contributed by atoms with van der Waals surface area (Å²) in [6, 6.07) is 3.75. The first-order chi connectivity index (χ1) is 9.17. The smallest absolute Gasteiger partial charge is 0.293 e. The third kappa shape index (κ3) is 2.65. The number of hydrogen-bond donors (Lipinski definition) is 1. The quantitative estimate of drug-likeness (QED) is 0.914. The molecule has 0 unspecified atom stereocenters. The van der Waals surface area contributed by atoms with Gasteiger partial charge in [-0.25, -0.2) is 4.98 Å². The fraction of sp³-hybridized carbons (Fsp3) is 0.357. The van der Waals surface area contributed by atoms with Crippen LogP contribution in [0.2, 0.25) is 0 Å². The first kappa shape index (κ1) is 13.3. The van der Waals surface area contributed by atoms with E-state index in [1.807, 2.05) is 32.9 Å². The van der Waals surface area contributed by atoms with Crippen LogP contribution in [0.4, 0.5) is 11.5 Å². The molecule has 2 aromatic heterocycles. The molecule has 0 atom stereocenters. The minimum absolute atomic E-state index is 0.103. The third-order valence-corrected chi connectivity index (χ3v) is 3.05.